The van der Waals surface area contributed by atoms with Gasteiger partial charge in [-0.1, -0.05) is 13.8 Å². The molecule has 2 N–H and O–H groups in total. The maximum Gasteiger partial charge on any atom is 0.245 e. The zero-order valence-electron chi connectivity index (χ0n) is 11.3. The van der Waals surface area contributed by atoms with E-state index < -0.39 is 6.10 Å². The SMILES string of the molecule is CC(C)CCC(C)NCC(O)COc1cnsn1. The van der Waals surface area contributed by atoms with Crippen molar-refractivity contribution >= 4 is 11.7 Å². The van der Waals surface area contributed by atoms with Crippen LogP contribution in [0.15, 0.2) is 6.20 Å². The van der Waals surface area contributed by atoms with Crippen molar-refractivity contribution in [1.82, 2.24) is 14.1 Å². The van der Waals surface area contributed by atoms with E-state index in [1.165, 1.54) is 6.42 Å². The van der Waals surface area contributed by atoms with Crippen molar-refractivity contribution in [1.29, 1.82) is 0 Å². The minimum absolute atomic E-state index is 0.245. The molecule has 0 aliphatic rings. The third-order valence-electron chi connectivity index (χ3n) is 2.64. The third-order valence-corrected chi connectivity index (χ3v) is 3.10. The second kappa shape index (κ2) is 8.39. The number of aliphatic hydroxyl groups excluding tert-OH is 1. The molecule has 0 saturated heterocycles. The van der Waals surface area contributed by atoms with Crippen molar-refractivity contribution in [3.63, 3.8) is 0 Å². The largest absolute Gasteiger partial charge is 0.473 e. The van der Waals surface area contributed by atoms with Crippen LogP contribution in [0.3, 0.4) is 0 Å². The summed E-state index contributed by atoms with van der Waals surface area (Å²) in [6, 6.07) is 0.419. The highest BCUT2D eigenvalue weighted by Crippen LogP contribution is 2.07. The van der Waals surface area contributed by atoms with Crippen LogP contribution < -0.4 is 10.1 Å². The lowest BCUT2D eigenvalue weighted by atomic mass is 10.0. The Morgan fingerprint density at radius 3 is 2.78 bits per heavy atom. The van der Waals surface area contributed by atoms with Gasteiger partial charge in [0.1, 0.15) is 18.9 Å². The first kappa shape index (κ1) is 15.3. The summed E-state index contributed by atoms with van der Waals surface area (Å²) in [7, 11) is 0. The Hall–Kier alpha value is -0.720. The fourth-order valence-corrected chi connectivity index (χ4v) is 1.85. The predicted octanol–water partition coefficient (Wildman–Crippen LogP) is 1.69. The van der Waals surface area contributed by atoms with E-state index in [0.717, 1.165) is 24.1 Å². The van der Waals surface area contributed by atoms with Gasteiger partial charge in [0.05, 0.1) is 11.7 Å². The molecule has 6 heteroatoms. The third kappa shape index (κ3) is 6.88. The lowest BCUT2D eigenvalue weighted by Crippen LogP contribution is -2.36. The Kier molecular flexibility index (Phi) is 7.15. The Balaban J connectivity index is 2.07. The second-order valence-corrected chi connectivity index (χ2v) is 5.55. The van der Waals surface area contributed by atoms with Gasteiger partial charge in [-0.05, 0) is 25.7 Å². The van der Waals surface area contributed by atoms with Crippen LogP contribution in [-0.2, 0) is 0 Å². The highest BCUT2D eigenvalue weighted by molar-refractivity contribution is 6.99. The Morgan fingerprint density at radius 1 is 1.39 bits per heavy atom. The monoisotopic (exact) mass is 273 g/mol. The lowest BCUT2D eigenvalue weighted by Gasteiger charge is -2.17. The van der Waals surface area contributed by atoms with E-state index in [0.29, 0.717) is 18.5 Å². The molecule has 0 bridgehead atoms. The van der Waals surface area contributed by atoms with Gasteiger partial charge in [-0.2, -0.15) is 4.37 Å². The fraction of sp³-hybridized carbons (Fsp3) is 0.833. The molecule has 0 aliphatic heterocycles. The van der Waals surface area contributed by atoms with Crippen molar-refractivity contribution in [3.8, 4) is 5.88 Å². The highest BCUT2D eigenvalue weighted by atomic mass is 32.1. The normalized spacial score (nSPS) is 14.7. The van der Waals surface area contributed by atoms with Crippen molar-refractivity contribution in [2.24, 2.45) is 5.92 Å². The molecule has 0 fully saturated rings. The molecule has 104 valence electrons. The Bertz CT molecular complexity index is 306. The van der Waals surface area contributed by atoms with Gasteiger partial charge in [-0.15, -0.1) is 4.37 Å². The minimum Gasteiger partial charge on any atom is -0.473 e. The lowest BCUT2D eigenvalue weighted by molar-refractivity contribution is 0.101. The summed E-state index contributed by atoms with van der Waals surface area (Å²) < 4.78 is 13.0. The van der Waals surface area contributed by atoms with E-state index in [9.17, 15) is 5.11 Å². The molecular weight excluding hydrogens is 250 g/mol. The van der Waals surface area contributed by atoms with E-state index in [-0.39, 0.29) is 6.61 Å². The van der Waals surface area contributed by atoms with Crippen LogP contribution in [0.25, 0.3) is 0 Å². The molecule has 0 radical (unpaired) electrons. The van der Waals surface area contributed by atoms with Gasteiger partial charge in [0, 0.05) is 12.6 Å². The van der Waals surface area contributed by atoms with Crippen LogP contribution in [0, 0.1) is 5.92 Å². The maximum atomic E-state index is 9.74. The van der Waals surface area contributed by atoms with Crippen molar-refractivity contribution in [2.45, 2.75) is 45.8 Å². The molecule has 1 heterocycles. The number of nitrogens with zero attached hydrogens (tertiary/aromatic N) is 2. The molecule has 2 atom stereocenters. The maximum absolute atomic E-state index is 9.74. The van der Waals surface area contributed by atoms with Crippen LogP contribution in [0.5, 0.6) is 5.88 Å². The first-order chi connectivity index (χ1) is 8.58. The summed E-state index contributed by atoms with van der Waals surface area (Å²) in [6.45, 7) is 7.36. The van der Waals surface area contributed by atoms with Crippen LogP contribution >= 0.6 is 11.7 Å². The summed E-state index contributed by atoms with van der Waals surface area (Å²) in [5, 5.41) is 13.0. The number of hydrogen-bond donors (Lipinski definition) is 2. The molecule has 18 heavy (non-hydrogen) atoms. The quantitative estimate of drug-likeness (QED) is 0.716. The molecule has 2 unspecified atom stereocenters. The summed E-state index contributed by atoms with van der Waals surface area (Å²) >= 11 is 1.10. The molecule has 0 spiro atoms. The first-order valence-corrected chi connectivity index (χ1v) is 7.12. The number of rotatable bonds is 9. The van der Waals surface area contributed by atoms with E-state index in [4.69, 9.17) is 4.74 Å². The molecule has 0 amide bonds. The summed E-state index contributed by atoms with van der Waals surface area (Å²) in [5.41, 5.74) is 0. The molecule has 0 saturated carbocycles. The van der Waals surface area contributed by atoms with E-state index >= 15 is 0 Å². The van der Waals surface area contributed by atoms with Gasteiger partial charge in [0.25, 0.3) is 0 Å². The standard InChI is InChI=1S/C12H23N3O2S/c1-9(2)4-5-10(3)13-6-11(16)8-17-12-7-14-18-15-12/h7,9-11,13,16H,4-6,8H2,1-3H3. The summed E-state index contributed by atoms with van der Waals surface area (Å²) in [4.78, 5) is 0. The molecule has 1 rings (SSSR count). The smallest absolute Gasteiger partial charge is 0.245 e. The molecule has 1 aromatic heterocycles. The van der Waals surface area contributed by atoms with Crippen LogP contribution in [-0.4, -0.2) is 39.2 Å². The van der Waals surface area contributed by atoms with Crippen molar-refractivity contribution in [2.75, 3.05) is 13.2 Å². The molecule has 0 aliphatic carbocycles. The number of aromatic nitrogens is 2. The second-order valence-electron chi connectivity index (χ2n) is 4.99. The van der Waals surface area contributed by atoms with Gasteiger partial charge < -0.3 is 15.2 Å². The zero-order chi connectivity index (χ0) is 13.4. The highest BCUT2D eigenvalue weighted by Gasteiger charge is 2.09. The minimum atomic E-state index is -0.520. The molecule has 1 aromatic rings. The van der Waals surface area contributed by atoms with Gasteiger partial charge in [0.2, 0.25) is 5.88 Å². The average molecular weight is 273 g/mol. The van der Waals surface area contributed by atoms with Gasteiger partial charge in [-0.3, -0.25) is 0 Å². The topological polar surface area (TPSA) is 67.3 Å². The van der Waals surface area contributed by atoms with Crippen LogP contribution in [0.1, 0.15) is 33.6 Å². The molecule has 0 aromatic carbocycles. The average Bonchev–Trinajstić information content (AvgIpc) is 2.84. The Labute approximate surface area is 113 Å². The van der Waals surface area contributed by atoms with E-state index in [2.05, 4.69) is 34.8 Å². The van der Waals surface area contributed by atoms with Crippen LogP contribution in [0.4, 0.5) is 0 Å². The zero-order valence-corrected chi connectivity index (χ0v) is 12.1. The number of ether oxygens (including phenoxy) is 1. The number of nitrogens with one attached hydrogen (secondary N) is 1. The van der Waals surface area contributed by atoms with E-state index in [1.54, 1.807) is 6.20 Å². The van der Waals surface area contributed by atoms with Gasteiger partial charge in [0.15, 0.2) is 0 Å². The van der Waals surface area contributed by atoms with Gasteiger partial charge >= 0.3 is 0 Å². The van der Waals surface area contributed by atoms with Crippen molar-refractivity contribution in [3.05, 3.63) is 6.20 Å². The number of aliphatic hydroxyl groups is 1. The summed E-state index contributed by atoms with van der Waals surface area (Å²) in [6.07, 6.45) is 3.36. The molecular formula is C12H23N3O2S. The summed E-state index contributed by atoms with van der Waals surface area (Å²) in [5.74, 6) is 1.20. The predicted molar refractivity (Wildman–Crippen MR) is 72.9 cm³/mol. The van der Waals surface area contributed by atoms with Crippen LogP contribution in [0.2, 0.25) is 0 Å². The van der Waals surface area contributed by atoms with Gasteiger partial charge in [-0.25, -0.2) is 0 Å². The van der Waals surface area contributed by atoms with Crippen molar-refractivity contribution < 1.29 is 9.84 Å². The first-order valence-electron chi connectivity index (χ1n) is 6.39. The van der Waals surface area contributed by atoms with E-state index in [1.807, 2.05) is 0 Å². The number of hydrogen-bond acceptors (Lipinski definition) is 6. The Morgan fingerprint density at radius 2 is 2.17 bits per heavy atom. The fourth-order valence-electron chi connectivity index (χ4n) is 1.48. The molecule has 5 nitrogen and oxygen atoms in total.